The highest BCUT2D eigenvalue weighted by Crippen LogP contribution is 2.50. The van der Waals surface area contributed by atoms with Gasteiger partial charge < -0.3 is 10.5 Å². The van der Waals surface area contributed by atoms with Gasteiger partial charge in [-0.15, -0.1) is 0 Å². The van der Waals surface area contributed by atoms with Crippen molar-refractivity contribution < 1.29 is 4.74 Å². The summed E-state index contributed by atoms with van der Waals surface area (Å²) in [5.41, 5.74) is 7.24. The van der Waals surface area contributed by atoms with Gasteiger partial charge in [-0.05, 0) is 31.0 Å². The normalized spacial score (nSPS) is 17.9. The second-order valence-corrected chi connectivity index (χ2v) is 4.74. The maximum Gasteiger partial charge on any atom is 0.122 e. The van der Waals surface area contributed by atoms with E-state index in [-0.39, 0.29) is 5.41 Å². The van der Waals surface area contributed by atoms with Gasteiger partial charge >= 0.3 is 0 Å². The molecule has 0 heterocycles. The van der Waals surface area contributed by atoms with Gasteiger partial charge in [0.15, 0.2) is 0 Å². The highest BCUT2D eigenvalue weighted by Gasteiger charge is 2.44. The lowest BCUT2D eigenvalue weighted by Gasteiger charge is -2.17. The quantitative estimate of drug-likeness (QED) is 0.901. The Bertz CT molecular complexity index is 347. The molecular weight excluding hydrogens is 242 g/mol. The van der Waals surface area contributed by atoms with Crippen LogP contribution in [0.1, 0.15) is 18.4 Å². The van der Waals surface area contributed by atoms with Crippen LogP contribution in [0.4, 0.5) is 0 Å². The number of hydrogen-bond donors (Lipinski definition) is 1. The van der Waals surface area contributed by atoms with Gasteiger partial charge in [-0.25, -0.2) is 0 Å². The van der Waals surface area contributed by atoms with Crippen molar-refractivity contribution in [2.75, 3.05) is 13.7 Å². The molecule has 0 radical (unpaired) electrons. The minimum Gasteiger partial charge on any atom is -0.496 e. The Balaban J connectivity index is 2.44. The van der Waals surface area contributed by atoms with Crippen molar-refractivity contribution in [1.82, 2.24) is 0 Å². The molecule has 1 fully saturated rings. The topological polar surface area (TPSA) is 35.2 Å². The number of methoxy groups -OCH3 is 1. The number of halogens is 1. The van der Waals surface area contributed by atoms with Crippen molar-refractivity contribution in [1.29, 1.82) is 0 Å². The standard InChI is InChI=1S/C11H14BrNO/c1-14-10-3-2-8(12)6-9(10)11(7-13)4-5-11/h2-3,6H,4-5,7,13H2,1H3. The van der Waals surface area contributed by atoms with Crippen LogP contribution < -0.4 is 10.5 Å². The van der Waals surface area contributed by atoms with E-state index in [4.69, 9.17) is 10.5 Å². The van der Waals surface area contributed by atoms with E-state index in [0.717, 1.165) is 10.2 Å². The molecule has 76 valence electrons. The van der Waals surface area contributed by atoms with Crippen molar-refractivity contribution >= 4 is 15.9 Å². The SMILES string of the molecule is COc1ccc(Br)cc1C1(CN)CC1. The van der Waals surface area contributed by atoms with Gasteiger partial charge in [0.1, 0.15) is 5.75 Å². The fraction of sp³-hybridized carbons (Fsp3) is 0.455. The zero-order chi connectivity index (χ0) is 10.2. The molecule has 1 aliphatic carbocycles. The minimum atomic E-state index is 0.190. The van der Waals surface area contributed by atoms with Crippen molar-refractivity contribution in [3.05, 3.63) is 28.2 Å². The molecule has 0 unspecified atom stereocenters. The second kappa shape index (κ2) is 3.55. The monoisotopic (exact) mass is 255 g/mol. The van der Waals surface area contributed by atoms with Gasteiger partial charge in [-0.3, -0.25) is 0 Å². The summed E-state index contributed by atoms with van der Waals surface area (Å²) in [5.74, 6) is 0.955. The fourth-order valence-corrected chi connectivity index (χ4v) is 2.19. The van der Waals surface area contributed by atoms with Gasteiger partial charge in [0, 0.05) is 22.0 Å². The van der Waals surface area contributed by atoms with Gasteiger partial charge in [-0.1, -0.05) is 15.9 Å². The predicted octanol–water partition coefficient (Wildman–Crippen LogP) is 2.45. The van der Waals surface area contributed by atoms with Crippen LogP contribution in [-0.2, 0) is 5.41 Å². The lowest BCUT2D eigenvalue weighted by molar-refractivity contribution is 0.404. The molecule has 0 spiro atoms. The smallest absolute Gasteiger partial charge is 0.122 e. The van der Waals surface area contributed by atoms with Crippen LogP contribution in [0.2, 0.25) is 0 Å². The van der Waals surface area contributed by atoms with Crippen LogP contribution >= 0.6 is 15.9 Å². The van der Waals surface area contributed by atoms with Gasteiger partial charge in [0.25, 0.3) is 0 Å². The summed E-state index contributed by atoms with van der Waals surface area (Å²) in [5, 5.41) is 0. The Morgan fingerprint density at radius 1 is 1.50 bits per heavy atom. The van der Waals surface area contributed by atoms with E-state index in [9.17, 15) is 0 Å². The first kappa shape index (κ1) is 9.99. The van der Waals surface area contributed by atoms with Crippen LogP contribution in [-0.4, -0.2) is 13.7 Å². The molecule has 0 bridgehead atoms. The number of nitrogens with two attached hydrogens (primary N) is 1. The van der Waals surface area contributed by atoms with Crippen LogP contribution in [0.3, 0.4) is 0 Å². The predicted molar refractivity (Wildman–Crippen MR) is 60.7 cm³/mol. The molecule has 2 rings (SSSR count). The lowest BCUT2D eigenvalue weighted by Crippen LogP contribution is -2.20. The maximum absolute atomic E-state index is 5.80. The molecule has 1 aliphatic rings. The van der Waals surface area contributed by atoms with E-state index in [1.807, 2.05) is 12.1 Å². The largest absolute Gasteiger partial charge is 0.496 e. The van der Waals surface area contributed by atoms with Crippen molar-refractivity contribution in [3.8, 4) is 5.75 Å². The third kappa shape index (κ3) is 1.55. The van der Waals surface area contributed by atoms with Crippen molar-refractivity contribution in [3.63, 3.8) is 0 Å². The number of benzene rings is 1. The molecule has 14 heavy (non-hydrogen) atoms. The third-order valence-electron chi connectivity index (χ3n) is 2.98. The molecule has 1 aromatic rings. The van der Waals surface area contributed by atoms with Crippen molar-refractivity contribution in [2.45, 2.75) is 18.3 Å². The molecule has 3 heteroatoms. The van der Waals surface area contributed by atoms with Crippen LogP contribution in [0, 0.1) is 0 Å². The van der Waals surface area contributed by atoms with Crippen molar-refractivity contribution in [2.24, 2.45) is 5.73 Å². The van der Waals surface area contributed by atoms with Gasteiger partial charge in [0.05, 0.1) is 7.11 Å². The van der Waals surface area contributed by atoms with E-state index in [1.54, 1.807) is 7.11 Å². The highest BCUT2D eigenvalue weighted by molar-refractivity contribution is 9.10. The summed E-state index contributed by atoms with van der Waals surface area (Å²) in [6, 6.07) is 6.11. The van der Waals surface area contributed by atoms with E-state index in [1.165, 1.54) is 18.4 Å². The number of ether oxygens (including phenoxy) is 1. The molecule has 0 aromatic heterocycles. The summed E-state index contributed by atoms with van der Waals surface area (Å²) in [6.45, 7) is 0.708. The van der Waals surface area contributed by atoms with Gasteiger partial charge in [-0.2, -0.15) is 0 Å². The molecular formula is C11H14BrNO. The Morgan fingerprint density at radius 2 is 2.21 bits per heavy atom. The summed E-state index contributed by atoms with van der Waals surface area (Å²) in [4.78, 5) is 0. The molecule has 0 atom stereocenters. The Hall–Kier alpha value is -0.540. The Kier molecular flexibility index (Phi) is 2.54. The first-order valence-electron chi connectivity index (χ1n) is 4.76. The summed E-state index contributed by atoms with van der Waals surface area (Å²) >= 11 is 3.48. The van der Waals surface area contributed by atoms with E-state index < -0.39 is 0 Å². The summed E-state index contributed by atoms with van der Waals surface area (Å²) in [6.07, 6.45) is 2.35. The third-order valence-corrected chi connectivity index (χ3v) is 3.47. The average Bonchev–Trinajstić information content (AvgIpc) is 2.98. The van der Waals surface area contributed by atoms with Gasteiger partial charge in [0.2, 0.25) is 0 Å². The second-order valence-electron chi connectivity index (χ2n) is 3.83. The number of hydrogen-bond acceptors (Lipinski definition) is 2. The Labute approximate surface area is 92.6 Å². The maximum atomic E-state index is 5.80. The molecule has 2 nitrogen and oxygen atoms in total. The van der Waals surface area contributed by atoms with E-state index in [2.05, 4.69) is 22.0 Å². The number of rotatable bonds is 3. The Morgan fingerprint density at radius 3 is 2.71 bits per heavy atom. The molecule has 1 aromatic carbocycles. The van der Waals surface area contributed by atoms with Crippen LogP contribution in [0.15, 0.2) is 22.7 Å². The fourth-order valence-electron chi connectivity index (χ4n) is 1.83. The van der Waals surface area contributed by atoms with Crippen LogP contribution in [0.25, 0.3) is 0 Å². The molecule has 0 aliphatic heterocycles. The minimum absolute atomic E-state index is 0.190. The molecule has 1 saturated carbocycles. The summed E-state index contributed by atoms with van der Waals surface area (Å²) in [7, 11) is 1.71. The first-order chi connectivity index (χ1) is 6.72. The lowest BCUT2D eigenvalue weighted by atomic mass is 9.95. The highest BCUT2D eigenvalue weighted by atomic mass is 79.9. The molecule has 0 amide bonds. The zero-order valence-electron chi connectivity index (χ0n) is 8.22. The van der Waals surface area contributed by atoms with Crippen LogP contribution in [0.5, 0.6) is 5.75 Å². The molecule has 2 N–H and O–H groups in total. The average molecular weight is 256 g/mol. The zero-order valence-corrected chi connectivity index (χ0v) is 9.80. The van der Waals surface area contributed by atoms with E-state index in [0.29, 0.717) is 6.54 Å². The molecule has 0 saturated heterocycles. The summed E-state index contributed by atoms with van der Waals surface area (Å²) < 4.78 is 6.44. The first-order valence-corrected chi connectivity index (χ1v) is 5.55. The van der Waals surface area contributed by atoms with E-state index >= 15 is 0 Å².